The molecule has 0 aromatic heterocycles. The van der Waals surface area contributed by atoms with Gasteiger partial charge in [-0.25, -0.2) is 0 Å². The van der Waals surface area contributed by atoms with Crippen LogP contribution in [0.1, 0.15) is 13.8 Å². The van der Waals surface area contributed by atoms with Gasteiger partial charge in [-0.15, -0.1) is 0 Å². The summed E-state index contributed by atoms with van der Waals surface area (Å²) in [5.41, 5.74) is 0.0949. The van der Waals surface area contributed by atoms with Gasteiger partial charge in [-0.3, -0.25) is 0 Å². The molecule has 0 amide bonds. The molecule has 0 saturated carbocycles. The molecule has 0 aliphatic heterocycles. The summed E-state index contributed by atoms with van der Waals surface area (Å²) in [4.78, 5) is 11.4. The van der Waals surface area contributed by atoms with E-state index in [4.69, 9.17) is 0 Å². The zero-order valence-electron chi connectivity index (χ0n) is 9.92. The number of hydrogen-bond acceptors (Lipinski definition) is 3. The van der Waals surface area contributed by atoms with Crippen LogP contribution in [0.15, 0.2) is 14.3 Å². The van der Waals surface area contributed by atoms with Crippen molar-refractivity contribution in [1.29, 1.82) is 0 Å². The quantitative estimate of drug-likeness (QED) is 0.148. The fourth-order valence-corrected chi connectivity index (χ4v) is 1.24. The number of allylic oxidation sites excluding steroid dienone is 1. The molecule has 0 aromatic carbocycles. The van der Waals surface area contributed by atoms with Gasteiger partial charge in [0.15, 0.2) is 0 Å². The third kappa shape index (κ3) is 22.7. The Kier molecular flexibility index (Phi) is 78.4. The maximum Gasteiger partial charge on any atom is 0 e. The average molecular weight is 1810 g/mol. The number of rotatable bonds is 4. The molecule has 0 aromatic rings. The van der Waals surface area contributed by atoms with Crippen molar-refractivity contribution in [3.63, 3.8) is 0 Å². The zero-order valence-corrected chi connectivity index (χ0v) is 36.3. The van der Waals surface area contributed by atoms with Crippen molar-refractivity contribution in [1.82, 2.24) is 0 Å². The van der Waals surface area contributed by atoms with Gasteiger partial charge < -0.3 is 0 Å². The molecule has 0 aliphatic rings. The van der Waals surface area contributed by atoms with Crippen molar-refractivity contribution < 1.29 is 196 Å². The Morgan fingerprint density at radius 1 is 1.05 bits per heavy atom. The van der Waals surface area contributed by atoms with Crippen LogP contribution < -0.4 is 0 Å². The average Bonchev–Trinajstić information content (AvgIpc) is 2.05. The van der Waals surface area contributed by atoms with E-state index in [0.29, 0.717) is 3.90 Å². The summed E-state index contributed by atoms with van der Waals surface area (Å²) < 4.78 is 4.11. The second-order valence-electron chi connectivity index (χ2n) is 2.02. The second-order valence-corrected chi connectivity index (χ2v) is 4.80. The third-order valence-corrected chi connectivity index (χ3v) is 2.12. The summed E-state index contributed by atoms with van der Waals surface area (Å²) >= 11 is 1.94. The van der Waals surface area contributed by atoms with Crippen LogP contribution in [-0.4, -0.2) is 20.7 Å². The fraction of sp³-hybridized carbons (Fsp3) is 0.286. The molecular weight excluding hydrogens is 1800 g/mol. The van der Waals surface area contributed by atoms with Gasteiger partial charge in [0.25, 0.3) is 0 Å². The molecule has 0 saturated heterocycles. The Labute approximate surface area is 241 Å². The summed E-state index contributed by atoms with van der Waals surface area (Å²) in [5.74, 6) is -0.583. The normalized spacial score (nSPS) is 8.10. The van der Waals surface area contributed by atoms with E-state index < -0.39 is 0 Å². The Balaban J connectivity index is -0.0000000343. The first kappa shape index (κ1) is 49.8. The van der Waals surface area contributed by atoms with Crippen LogP contribution in [0.2, 0.25) is 0 Å². The Morgan fingerprint density at radius 2 is 1.40 bits per heavy atom. The van der Waals surface area contributed by atoms with E-state index in [2.05, 4.69) is 14.8 Å². The minimum atomic E-state index is -0.358. The number of Topliss-reactive ketones (excluding diaryl/α,β-unsaturated/α-hetero) is 1. The number of nitrogens with zero attached hydrogens (tertiary/aromatic N) is 2. The molecule has 0 bridgehead atoms. The van der Waals surface area contributed by atoms with Gasteiger partial charge in [-0.2, -0.15) is 0 Å². The Morgan fingerprint density at radius 3 is 1.60 bits per heavy atom. The summed E-state index contributed by atoms with van der Waals surface area (Å²) in [5, 5.41) is 12.7. The maximum absolute atomic E-state index is 11.4. The van der Waals surface area contributed by atoms with Gasteiger partial charge in [0, 0.05) is 147 Å². The molecule has 0 aliphatic carbocycles. The first-order valence-corrected chi connectivity index (χ1v) is 6.02. The molecule has 0 heterocycles. The van der Waals surface area contributed by atoms with Gasteiger partial charge in [-0.1, -0.05) is 0 Å². The minimum absolute atomic E-state index is 0. The molecule has 0 atom stereocenters. The topological polar surface area (TPSA) is 62.0 Å². The largest absolute Gasteiger partial charge is 0 e. The van der Waals surface area contributed by atoms with E-state index in [-0.39, 0.29) is 165 Å². The molecule has 20 heavy (non-hydrogen) atoms. The molecule has 4 nitrogen and oxygen atoms in total. The number of aliphatic hydroxyl groups is 1. The predicted molar refractivity (Wildman–Crippen MR) is 40.6 cm³/mol. The number of aliphatic hydroxyl groups excluding tert-OH is 1. The standard InChI is InChI=1S/C7H7N2O2.9W/c1-3-5(6(10)4-2)7(11)9-8;;;;;;;;;/h1-2H3,(H,9,11);;;;;;;;;/q-1;;;;;;;;;. The number of hydrogen-bond donors (Lipinski definition) is 1. The van der Waals surface area contributed by atoms with Crippen LogP contribution in [0.3, 0.4) is 0 Å². The monoisotopic (exact) mass is 1810 g/mol. The second kappa shape index (κ2) is 31.5. The van der Waals surface area contributed by atoms with Crippen LogP contribution in [-0.2, 0) is 191 Å². The first-order chi connectivity index (χ1) is 6.04. The number of ketones is 1. The SMILES string of the molecule is C[C-]=C(C(=O)[C](C)=[W])C(O)=N[N]=[W].[W].[W].[W].[W].[W].[W].[W]. The smallest absolute Gasteiger partial charge is 0 e. The van der Waals surface area contributed by atoms with Crippen molar-refractivity contribution >= 4 is 15.6 Å². The summed E-state index contributed by atoms with van der Waals surface area (Å²) in [7, 11) is 0. The summed E-state index contributed by atoms with van der Waals surface area (Å²) in [6.45, 7) is 3.26. The van der Waals surface area contributed by atoms with E-state index in [1.165, 1.54) is 0 Å². The number of carbonyl (C=O) groups is 1. The molecule has 0 spiro atoms. The molecule has 13 heteroatoms. The van der Waals surface area contributed by atoms with Crippen LogP contribution >= 0.6 is 0 Å². The summed E-state index contributed by atoms with van der Waals surface area (Å²) in [6, 6.07) is 0. The van der Waals surface area contributed by atoms with E-state index in [1.54, 1.807) is 13.8 Å². The van der Waals surface area contributed by atoms with Gasteiger partial charge in [0.1, 0.15) is 0 Å². The van der Waals surface area contributed by atoms with Crippen LogP contribution in [0.25, 0.3) is 0 Å². The minimum Gasteiger partial charge on any atom is 0 e. The maximum atomic E-state index is 11.4. The van der Waals surface area contributed by atoms with Gasteiger partial charge in [-0.05, 0) is 0 Å². The first-order valence-electron chi connectivity index (χ1n) is 3.24. The van der Waals surface area contributed by atoms with E-state index in [9.17, 15) is 9.90 Å². The van der Waals surface area contributed by atoms with Crippen molar-refractivity contribution in [3.05, 3.63) is 11.6 Å². The van der Waals surface area contributed by atoms with Crippen molar-refractivity contribution in [2.75, 3.05) is 0 Å². The Hall–Kier alpha value is 4.74. The zero-order chi connectivity index (χ0) is 10.4. The van der Waals surface area contributed by atoms with Crippen LogP contribution in [0, 0.1) is 6.08 Å². The molecular formula is C7H7N2O2W9-. The molecule has 1 N–H and O–H groups in total. The number of carbonyl (C=O) groups excluding carboxylic acids is 1. The fourth-order valence-electron chi connectivity index (χ4n) is 0.592. The molecule has 0 radical (unpaired) electrons. The molecule has 112 valence electrons. The van der Waals surface area contributed by atoms with Crippen LogP contribution in [0.4, 0.5) is 0 Å². The van der Waals surface area contributed by atoms with Gasteiger partial charge in [0.2, 0.25) is 0 Å². The van der Waals surface area contributed by atoms with Crippen LogP contribution in [0.5, 0.6) is 0 Å². The summed E-state index contributed by atoms with van der Waals surface area (Å²) in [6.07, 6.45) is 2.60. The van der Waals surface area contributed by atoms with E-state index in [0.717, 1.165) is 39.0 Å². The van der Waals surface area contributed by atoms with E-state index >= 15 is 0 Å². The third-order valence-electron chi connectivity index (χ3n) is 1.16. The van der Waals surface area contributed by atoms with Crippen molar-refractivity contribution in [2.45, 2.75) is 13.8 Å². The predicted octanol–water partition coefficient (Wildman–Crippen LogP) is 0.628. The molecule has 0 rings (SSSR count). The van der Waals surface area contributed by atoms with Gasteiger partial charge >= 0.3 is 98.7 Å². The molecule has 0 fully saturated rings. The Bertz CT molecular complexity index is 315. The van der Waals surface area contributed by atoms with E-state index in [1.807, 2.05) is 0 Å². The van der Waals surface area contributed by atoms with Gasteiger partial charge in [0.05, 0.1) is 0 Å². The molecule has 0 unspecified atom stereocenters. The van der Waals surface area contributed by atoms with Crippen molar-refractivity contribution in [2.24, 2.45) is 8.71 Å². The van der Waals surface area contributed by atoms with Crippen molar-refractivity contribution in [3.8, 4) is 0 Å².